The van der Waals surface area contributed by atoms with E-state index in [1.165, 1.54) is 19.3 Å². The van der Waals surface area contributed by atoms with Crippen molar-refractivity contribution >= 4 is 28.9 Å². The molecule has 4 saturated carbocycles. The Labute approximate surface area is 183 Å². The fourth-order valence-electron chi connectivity index (χ4n) is 6.19. The molecule has 4 fully saturated rings. The number of ether oxygens (including phenoxy) is 1. The van der Waals surface area contributed by atoms with Crippen LogP contribution in [0.25, 0.3) is 0 Å². The van der Waals surface area contributed by atoms with Crippen molar-refractivity contribution in [2.24, 2.45) is 23.2 Å². The van der Waals surface area contributed by atoms with E-state index in [9.17, 15) is 4.79 Å². The first-order valence-electron chi connectivity index (χ1n) is 11.0. The summed E-state index contributed by atoms with van der Waals surface area (Å²) in [5.41, 5.74) is 1.74. The second-order valence-electron chi connectivity index (χ2n) is 9.41. The van der Waals surface area contributed by atoms with Crippen LogP contribution in [0.2, 0.25) is 0 Å². The standard InChI is InChI=1S/C25H28N2O2S/c28-23(25-13-18-9-19(14-25)11-20(10-18)15-25)27-24(30)26-21-7-4-8-22(12-21)29-16-17-5-2-1-3-6-17/h1-8,12,18-20H,9-11,13-16H2,(H2,26,27,28,30). The van der Waals surface area contributed by atoms with Crippen LogP contribution in [0.5, 0.6) is 5.75 Å². The molecule has 0 heterocycles. The van der Waals surface area contributed by atoms with Crippen LogP contribution < -0.4 is 15.4 Å². The van der Waals surface area contributed by atoms with Gasteiger partial charge in [-0.2, -0.15) is 0 Å². The smallest absolute Gasteiger partial charge is 0.232 e. The highest BCUT2D eigenvalue weighted by molar-refractivity contribution is 7.80. The Bertz CT molecular complexity index is 908. The summed E-state index contributed by atoms with van der Waals surface area (Å²) in [6, 6.07) is 17.8. The zero-order chi connectivity index (χ0) is 20.6. The Morgan fingerprint density at radius 2 is 1.63 bits per heavy atom. The van der Waals surface area contributed by atoms with E-state index >= 15 is 0 Å². The molecule has 0 spiro atoms. The number of carbonyl (C=O) groups is 1. The van der Waals surface area contributed by atoms with Gasteiger partial charge in [0.25, 0.3) is 0 Å². The Balaban J connectivity index is 1.18. The van der Waals surface area contributed by atoms with Crippen LogP contribution in [0.1, 0.15) is 44.1 Å². The van der Waals surface area contributed by atoms with E-state index in [4.69, 9.17) is 17.0 Å². The summed E-state index contributed by atoms with van der Waals surface area (Å²) in [4.78, 5) is 13.2. The molecule has 4 bridgehead atoms. The molecule has 2 aromatic carbocycles. The maximum absolute atomic E-state index is 13.2. The highest BCUT2D eigenvalue weighted by Gasteiger charge is 2.54. The third-order valence-electron chi connectivity index (χ3n) is 7.09. The molecule has 5 heteroatoms. The van der Waals surface area contributed by atoms with Gasteiger partial charge in [0, 0.05) is 11.8 Å². The van der Waals surface area contributed by atoms with E-state index in [1.54, 1.807) is 0 Å². The van der Waals surface area contributed by atoms with E-state index in [0.29, 0.717) is 11.7 Å². The van der Waals surface area contributed by atoms with Crippen molar-refractivity contribution in [3.63, 3.8) is 0 Å². The lowest BCUT2D eigenvalue weighted by Crippen LogP contribution is -2.55. The first-order chi connectivity index (χ1) is 14.6. The van der Waals surface area contributed by atoms with Crippen LogP contribution in [0.4, 0.5) is 5.69 Å². The lowest BCUT2D eigenvalue weighted by molar-refractivity contribution is -0.144. The zero-order valence-corrected chi connectivity index (χ0v) is 17.9. The van der Waals surface area contributed by atoms with E-state index < -0.39 is 0 Å². The number of hydrogen-bond acceptors (Lipinski definition) is 3. The van der Waals surface area contributed by atoms with E-state index in [1.807, 2.05) is 54.6 Å². The third-order valence-corrected chi connectivity index (χ3v) is 7.29. The van der Waals surface area contributed by atoms with Gasteiger partial charge in [-0.1, -0.05) is 36.4 Å². The number of hydrogen-bond donors (Lipinski definition) is 2. The summed E-state index contributed by atoms with van der Waals surface area (Å²) >= 11 is 5.47. The van der Waals surface area contributed by atoms with Crippen LogP contribution in [0.3, 0.4) is 0 Å². The molecule has 0 aliphatic heterocycles. The number of amides is 1. The number of rotatable bonds is 5. The molecule has 6 rings (SSSR count). The molecular weight excluding hydrogens is 392 g/mol. The average Bonchev–Trinajstić information content (AvgIpc) is 2.72. The summed E-state index contributed by atoms with van der Waals surface area (Å²) in [6.45, 7) is 0.511. The third kappa shape index (κ3) is 4.08. The maximum atomic E-state index is 13.2. The minimum Gasteiger partial charge on any atom is -0.489 e. The van der Waals surface area contributed by atoms with E-state index in [0.717, 1.165) is 54.0 Å². The van der Waals surface area contributed by atoms with Gasteiger partial charge in [-0.05, 0) is 86.2 Å². The number of thiocarbonyl (C=S) groups is 1. The van der Waals surface area contributed by atoms with Crippen LogP contribution in [-0.4, -0.2) is 11.0 Å². The van der Waals surface area contributed by atoms with Gasteiger partial charge in [0.15, 0.2) is 5.11 Å². The minimum absolute atomic E-state index is 0.121. The predicted molar refractivity (Wildman–Crippen MR) is 122 cm³/mol. The Hall–Kier alpha value is -2.40. The first kappa shape index (κ1) is 19.6. The number of carbonyl (C=O) groups excluding carboxylic acids is 1. The van der Waals surface area contributed by atoms with Gasteiger partial charge >= 0.3 is 0 Å². The van der Waals surface area contributed by atoms with Gasteiger partial charge in [-0.3, -0.25) is 4.79 Å². The van der Waals surface area contributed by atoms with Gasteiger partial charge in [0.1, 0.15) is 12.4 Å². The van der Waals surface area contributed by atoms with Crippen LogP contribution in [-0.2, 0) is 11.4 Å². The number of anilines is 1. The highest BCUT2D eigenvalue weighted by atomic mass is 32.1. The molecule has 0 atom stereocenters. The summed E-state index contributed by atoms with van der Waals surface area (Å²) in [5.74, 6) is 3.10. The topological polar surface area (TPSA) is 50.4 Å². The van der Waals surface area contributed by atoms with Crippen LogP contribution in [0, 0.1) is 23.2 Å². The van der Waals surface area contributed by atoms with Gasteiger partial charge in [0.05, 0.1) is 5.41 Å². The largest absolute Gasteiger partial charge is 0.489 e. The monoisotopic (exact) mass is 420 g/mol. The second kappa shape index (κ2) is 8.03. The van der Waals surface area contributed by atoms with Crippen molar-refractivity contribution in [1.29, 1.82) is 0 Å². The van der Waals surface area contributed by atoms with Crippen LogP contribution >= 0.6 is 12.2 Å². The molecule has 156 valence electrons. The highest BCUT2D eigenvalue weighted by Crippen LogP contribution is 2.60. The summed E-state index contributed by atoms with van der Waals surface area (Å²) < 4.78 is 5.89. The van der Waals surface area contributed by atoms with Gasteiger partial charge < -0.3 is 15.4 Å². The molecule has 0 unspecified atom stereocenters. The molecule has 0 aromatic heterocycles. The van der Waals surface area contributed by atoms with Gasteiger partial charge in [0.2, 0.25) is 5.91 Å². The molecule has 2 N–H and O–H groups in total. The molecule has 4 aliphatic rings. The van der Waals surface area contributed by atoms with Crippen molar-refractivity contribution in [2.45, 2.75) is 45.1 Å². The summed E-state index contributed by atoms with van der Waals surface area (Å²) in [5, 5.41) is 6.54. The Morgan fingerprint density at radius 1 is 0.967 bits per heavy atom. The second-order valence-corrected chi connectivity index (χ2v) is 9.82. The molecule has 2 aromatic rings. The van der Waals surface area contributed by atoms with Crippen molar-refractivity contribution in [1.82, 2.24) is 5.32 Å². The van der Waals surface area contributed by atoms with Gasteiger partial charge in [-0.25, -0.2) is 0 Å². The van der Waals surface area contributed by atoms with E-state index in [-0.39, 0.29) is 11.3 Å². The normalized spacial score (nSPS) is 28.7. The van der Waals surface area contributed by atoms with E-state index in [2.05, 4.69) is 10.6 Å². The molecule has 0 saturated heterocycles. The predicted octanol–water partition coefficient (Wildman–Crippen LogP) is 5.30. The van der Waals surface area contributed by atoms with Crippen molar-refractivity contribution < 1.29 is 9.53 Å². The number of nitrogens with one attached hydrogen (secondary N) is 2. The summed E-state index contributed by atoms with van der Waals surface area (Å²) in [7, 11) is 0. The molecule has 1 amide bonds. The molecular formula is C25H28N2O2S. The molecule has 30 heavy (non-hydrogen) atoms. The lowest BCUT2D eigenvalue weighted by Gasteiger charge is -2.55. The first-order valence-corrected chi connectivity index (χ1v) is 11.4. The van der Waals surface area contributed by atoms with Crippen molar-refractivity contribution in [2.75, 3.05) is 5.32 Å². The SMILES string of the molecule is O=C(NC(=S)Nc1cccc(OCc2ccccc2)c1)C12CC3CC(CC(C3)C1)C2. The quantitative estimate of drug-likeness (QED) is 0.645. The van der Waals surface area contributed by atoms with Crippen molar-refractivity contribution in [3.8, 4) is 5.75 Å². The van der Waals surface area contributed by atoms with Gasteiger partial charge in [-0.15, -0.1) is 0 Å². The Morgan fingerprint density at radius 3 is 2.30 bits per heavy atom. The van der Waals surface area contributed by atoms with Crippen molar-refractivity contribution in [3.05, 3.63) is 60.2 Å². The molecule has 4 aliphatic carbocycles. The fourth-order valence-corrected chi connectivity index (χ4v) is 6.40. The fraction of sp³-hybridized carbons (Fsp3) is 0.440. The molecule has 4 nitrogen and oxygen atoms in total. The lowest BCUT2D eigenvalue weighted by atomic mass is 9.49. The van der Waals surface area contributed by atoms with Crippen LogP contribution in [0.15, 0.2) is 54.6 Å². The average molecular weight is 421 g/mol. The Kier molecular flexibility index (Phi) is 5.23. The minimum atomic E-state index is -0.193. The zero-order valence-electron chi connectivity index (χ0n) is 17.1. The maximum Gasteiger partial charge on any atom is 0.232 e. The molecule has 0 radical (unpaired) electrons. The summed E-state index contributed by atoms with van der Waals surface area (Å²) in [6.07, 6.45) is 7.09. The number of benzene rings is 2.